The lowest BCUT2D eigenvalue weighted by atomic mass is 10.1. The molecule has 0 aliphatic rings. The third kappa shape index (κ3) is 6.19. The Morgan fingerprint density at radius 3 is 2.45 bits per heavy atom. The van der Waals surface area contributed by atoms with Crippen LogP contribution in [0.15, 0.2) is 54.6 Å². The van der Waals surface area contributed by atoms with Gasteiger partial charge in [-0.3, -0.25) is 4.79 Å². The molecule has 2 N–H and O–H groups in total. The van der Waals surface area contributed by atoms with Crippen molar-refractivity contribution in [2.75, 3.05) is 29.6 Å². The van der Waals surface area contributed by atoms with Crippen LogP contribution in [0.2, 0.25) is 5.02 Å². The minimum Gasteiger partial charge on any atom is -0.363 e. The van der Waals surface area contributed by atoms with Crippen molar-refractivity contribution < 1.29 is 4.79 Å². The number of nitrogens with zero attached hydrogens (tertiary/aromatic N) is 3. The number of carbonyl (C=O) groups is 1. The van der Waals surface area contributed by atoms with Crippen LogP contribution in [0.1, 0.15) is 17.8 Å². The number of benzene rings is 2. The number of carbonyl (C=O) groups excluding carboxylic acids is 1. The maximum atomic E-state index is 12.2. The number of aryl methyl sites for hydroxylation is 2. The van der Waals surface area contributed by atoms with Crippen molar-refractivity contribution in [1.29, 1.82) is 0 Å². The second-order valence-electron chi connectivity index (χ2n) is 6.93. The van der Waals surface area contributed by atoms with Gasteiger partial charge in [0.25, 0.3) is 0 Å². The minimum absolute atomic E-state index is 0.0345. The summed E-state index contributed by atoms with van der Waals surface area (Å²) in [4.78, 5) is 22.9. The molecule has 29 heavy (non-hydrogen) atoms. The molecule has 1 heterocycles. The van der Waals surface area contributed by atoms with Crippen molar-refractivity contribution in [1.82, 2.24) is 9.97 Å². The monoisotopic (exact) mass is 409 g/mol. The van der Waals surface area contributed by atoms with E-state index in [4.69, 9.17) is 11.6 Å². The average Bonchev–Trinajstić information content (AvgIpc) is 2.67. The third-order valence-corrected chi connectivity index (χ3v) is 4.49. The summed E-state index contributed by atoms with van der Waals surface area (Å²) in [6, 6.07) is 17.0. The molecular formula is C22H24ClN5O. The van der Waals surface area contributed by atoms with E-state index in [1.807, 2.05) is 80.5 Å². The smallest absolute Gasteiger partial charge is 0.224 e. The first kappa shape index (κ1) is 20.6. The summed E-state index contributed by atoms with van der Waals surface area (Å²) in [6.45, 7) is 1.86. The lowest BCUT2D eigenvalue weighted by Crippen LogP contribution is -2.13. The van der Waals surface area contributed by atoms with Crippen LogP contribution in [0.4, 0.5) is 23.0 Å². The molecular weight excluding hydrogens is 386 g/mol. The van der Waals surface area contributed by atoms with Crippen LogP contribution < -0.4 is 15.5 Å². The predicted octanol–water partition coefficient (Wildman–Crippen LogP) is 4.82. The standard InChI is InChI=1S/C22H24ClN5O/c1-15-24-20(14-21(25-15)28(2)3)26-18-8-10-19(11-9-18)27-22(29)12-7-16-5-4-6-17(23)13-16/h4-6,8-11,13-14H,7,12H2,1-3H3,(H,27,29)(H,24,25,26). The van der Waals surface area contributed by atoms with Crippen molar-refractivity contribution >= 4 is 40.5 Å². The maximum absolute atomic E-state index is 12.2. The maximum Gasteiger partial charge on any atom is 0.224 e. The highest BCUT2D eigenvalue weighted by molar-refractivity contribution is 6.30. The summed E-state index contributed by atoms with van der Waals surface area (Å²) < 4.78 is 0. The molecule has 0 spiro atoms. The minimum atomic E-state index is -0.0345. The van der Waals surface area contributed by atoms with E-state index < -0.39 is 0 Å². The molecule has 0 unspecified atom stereocenters. The molecule has 0 atom stereocenters. The fraction of sp³-hybridized carbons (Fsp3) is 0.227. The van der Waals surface area contributed by atoms with Gasteiger partial charge in [0.2, 0.25) is 5.91 Å². The van der Waals surface area contributed by atoms with Gasteiger partial charge in [-0.15, -0.1) is 0 Å². The SMILES string of the molecule is Cc1nc(Nc2ccc(NC(=O)CCc3cccc(Cl)c3)cc2)cc(N(C)C)n1. The second-order valence-corrected chi connectivity index (χ2v) is 7.37. The lowest BCUT2D eigenvalue weighted by molar-refractivity contribution is -0.116. The Morgan fingerprint density at radius 1 is 1.03 bits per heavy atom. The first-order valence-corrected chi connectivity index (χ1v) is 9.71. The third-order valence-electron chi connectivity index (χ3n) is 4.25. The fourth-order valence-electron chi connectivity index (χ4n) is 2.80. The number of aromatic nitrogens is 2. The summed E-state index contributed by atoms with van der Waals surface area (Å²) in [5.41, 5.74) is 2.67. The zero-order valence-electron chi connectivity index (χ0n) is 16.7. The summed E-state index contributed by atoms with van der Waals surface area (Å²) in [7, 11) is 3.88. The predicted molar refractivity (Wildman–Crippen MR) is 119 cm³/mol. The zero-order valence-corrected chi connectivity index (χ0v) is 17.5. The van der Waals surface area contributed by atoms with Crippen LogP contribution in [0.5, 0.6) is 0 Å². The number of halogens is 1. The molecule has 1 amide bonds. The average molecular weight is 410 g/mol. The van der Waals surface area contributed by atoms with Gasteiger partial charge < -0.3 is 15.5 Å². The number of hydrogen-bond donors (Lipinski definition) is 2. The molecule has 0 bridgehead atoms. The molecule has 0 saturated heterocycles. The van der Waals surface area contributed by atoms with E-state index in [1.165, 1.54) is 0 Å². The molecule has 7 heteroatoms. The highest BCUT2D eigenvalue weighted by Gasteiger charge is 2.06. The number of rotatable bonds is 7. The fourth-order valence-corrected chi connectivity index (χ4v) is 3.02. The van der Waals surface area contributed by atoms with Crippen molar-refractivity contribution in [2.24, 2.45) is 0 Å². The molecule has 150 valence electrons. The molecule has 3 rings (SSSR count). The van der Waals surface area contributed by atoms with Crippen molar-refractivity contribution in [3.63, 3.8) is 0 Å². The Morgan fingerprint density at radius 2 is 1.76 bits per heavy atom. The van der Waals surface area contributed by atoms with Crippen LogP contribution in [0.3, 0.4) is 0 Å². The molecule has 0 fully saturated rings. The Kier molecular flexibility index (Phi) is 6.67. The van der Waals surface area contributed by atoms with E-state index >= 15 is 0 Å². The highest BCUT2D eigenvalue weighted by atomic mass is 35.5. The highest BCUT2D eigenvalue weighted by Crippen LogP contribution is 2.21. The number of hydrogen-bond acceptors (Lipinski definition) is 5. The molecule has 0 aliphatic carbocycles. The van der Waals surface area contributed by atoms with Gasteiger partial charge in [0, 0.05) is 43.0 Å². The van der Waals surface area contributed by atoms with Crippen LogP contribution in [0, 0.1) is 6.92 Å². The van der Waals surface area contributed by atoms with Gasteiger partial charge in [-0.05, 0) is 55.3 Å². The van der Waals surface area contributed by atoms with Gasteiger partial charge in [0.1, 0.15) is 17.5 Å². The van der Waals surface area contributed by atoms with Gasteiger partial charge >= 0.3 is 0 Å². The van der Waals surface area contributed by atoms with E-state index in [0.717, 1.165) is 28.6 Å². The Bertz CT molecular complexity index is 989. The number of nitrogens with one attached hydrogen (secondary N) is 2. The Hall–Kier alpha value is -3.12. The number of amides is 1. The summed E-state index contributed by atoms with van der Waals surface area (Å²) in [6.07, 6.45) is 1.04. The van der Waals surface area contributed by atoms with Crippen molar-refractivity contribution in [3.05, 3.63) is 71.0 Å². The summed E-state index contributed by atoms with van der Waals surface area (Å²) in [5.74, 6) is 2.22. The van der Waals surface area contributed by atoms with Crippen LogP contribution in [-0.2, 0) is 11.2 Å². The largest absolute Gasteiger partial charge is 0.363 e. The van der Waals surface area contributed by atoms with Crippen LogP contribution >= 0.6 is 11.6 Å². The zero-order chi connectivity index (χ0) is 20.8. The van der Waals surface area contributed by atoms with Gasteiger partial charge in [0.05, 0.1) is 0 Å². The van der Waals surface area contributed by atoms with E-state index in [-0.39, 0.29) is 5.91 Å². The van der Waals surface area contributed by atoms with Gasteiger partial charge in [-0.25, -0.2) is 9.97 Å². The molecule has 0 aliphatic heterocycles. The molecule has 2 aromatic carbocycles. The van der Waals surface area contributed by atoms with E-state index in [0.29, 0.717) is 23.7 Å². The second kappa shape index (κ2) is 9.39. The molecule has 0 saturated carbocycles. The molecule has 1 aromatic heterocycles. The summed E-state index contributed by atoms with van der Waals surface area (Å²) >= 11 is 5.98. The van der Waals surface area contributed by atoms with E-state index in [2.05, 4.69) is 20.6 Å². The Labute approximate surface area is 175 Å². The lowest BCUT2D eigenvalue weighted by Gasteiger charge is -2.14. The van der Waals surface area contributed by atoms with Crippen LogP contribution in [0.25, 0.3) is 0 Å². The van der Waals surface area contributed by atoms with Crippen molar-refractivity contribution in [2.45, 2.75) is 19.8 Å². The molecule has 3 aromatic rings. The van der Waals surface area contributed by atoms with E-state index in [9.17, 15) is 4.79 Å². The van der Waals surface area contributed by atoms with Gasteiger partial charge in [-0.2, -0.15) is 0 Å². The van der Waals surface area contributed by atoms with E-state index in [1.54, 1.807) is 0 Å². The van der Waals surface area contributed by atoms with Crippen LogP contribution in [-0.4, -0.2) is 30.0 Å². The summed E-state index contributed by atoms with van der Waals surface area (Å²) in [5, 5.41) is 6.87. The number of anilines is 4. The first-order chi connectivity index (χ1) is 13.9. The molecule has 6 nitrogen and oxygen atoms in total. The normalized spacial score (nSPS) is 10.5. The van der Waals surface area contributed by atoms with Gasteiger partial charge in [-0.1, -0.05) is 23.7 Å². The van der Waals surface area contributed by atoms with Gasteiger partial charge in [0.15, 0.2) is 0 Å². The van der Waals surface area contributed by atoms with Crippen molar-refractivity contribution in [3.8, 4) is 0 Å². The Balaban J connectivity index is 1.56. The first-order valence-electron chi connectivity index (χ1n) is 9.33. The topological polar surface area (TPSA) is 70.2 Å². The quantitative estimate of drug-likeness (QED) is 0.585. The molecule has 0 radical (unpaired) electrons.